The molecule has 3 heterocycles. The number of hydrogen-bond donors (Lipinski definition) is 1. The van der Waals surface area contributed by atoms with Crippen LogP contribution in [0.4, 0.5) is 5.13 Å². The van der Waals surface area contributed by atoms with E-state index in [1.807, 2.05) is 12.1 Å². The molecule has 3 aromatic rings. The lowest BCUT2D eigenvalue weighted by Gasteiger charge is -2.04. The summed E-state index contributed by atoms with van der Waals surface area (Å²) in [6, 6.07) is 3.73. The number of carbonyl (C=O) groups is 1. The van der Waals surface area contributed by atoms with Gasteiger partial charge in [0.1, 0.15) is 4.88 Å². The molecule has 0 fully saturated rings. The van der Waals surface area contributed by atoms with Crippen molar-refractivity contribution >= 4 is 28.1 Å². The Kier molecular flexibility index (Phi) is 4.01. The van der Waals surface area contributed by atoms with Gasteiger partial charge in [0.25, 0.3) is 0 Å². The number of carbonyl (C=O) groups excluding carboxylic acids is 1. The van der Waals surface area contributed by atoms with Gasteiger partial charge in [-0.25, -0.2) is 19.3 Å². The van der Waals surface area contributed by atoms with Crippen molar-refractivity contribution in [1.29, 1.82) is 0 Å². The smallest absolute Gasteiger partial charge is 0.350 e. The summed E-state index contributed by atoms with van der Waals surface area (Å²) in [5.41, 5.74) is 2.42. The highest BCUT2D eigenvalue weighted by molar-refractivity contribution is 7.17. The SMILES string of the molecule is CCOC(=O)c1sc(NCc2ccnc3ccnn23)nc1C. The van der Waals surface area contributed by atoms with Gasteiger partial charge in [0.2, 0.25) is 0 Å². The number of thiazole rings is 1. The Morgan fingerprint density at radius 2 is 2.27 bits per heavy atom. The van der Waals surface area contributed by atoms with Gasteiger partial charge in [-0.1, -0.05) is 11.3 Å². The second-order valence-corrected chi connectivity index (χ2v) is 5.54. The molecule has 7 nitrogen and oxygen atoms in total. The zero-order valence-electron chi connectivity index (χ0n) is 12.2. The van der Waals surface area contributed by atoms with Crippen molar-refractivity contribution in [2.75, 3.05) is 11.9 Å². The lowest BCUT2D eigenvalue weighted by molar-refractivity contribution is 0.0531. The largest absolute Gasteiger partial charge is 0.462 e. The number of fused-ring (bicyclic) bond motifs is 1. The lowest BCUT2D eigenvalue weighted by Crippen LogP contribution is -2.06. The first-order valence-electron chi connectivity index (χ1n) is 6.85. The Bertz CT molecular complexity index is 811. The number of aryl methyl sites for hydroxylation is 1. The number of aromatic nitrogens is 4. The maximum Gasteiger partial charge on any atom is 0.350 e. The first-order chi connectivity index (χ1) is 10.7. The molecule has 0 aliphatic carbocycles. The van der Waals surface area contributed by atoms with Crippen LogP contribution in [-0.2, 0) is 11.3 Å². The van der Waals surface area contributed by atoms with E-state index in [9.17, 15) is 4.79 Å². The van der Waals surface area contributed by atoms with Gasteiger partial charge < -0.3 is 10.1 Å². The van der Waals surface area contributed by atoms with E-state index < -0.39 is 0 Å². The Morgan fingerprint density at radius 3 is 3.09 bits per heavy atom. The summed E-state index contributed by atoms with van der Waals surface area (Å²) >= 11 is 1.29. The zero-order valence-corrected chi connectivity index (χ0v) is 13.1. The van der Waals surface area contributed by atoms with E-state index in [2.05, 4.69) is 20.4 Å². The fraction of sp³-hybridized carbons (Fsp3) is 0.286. The second kappa shape index (κ2) is 6.10. The van der Waals surface area contributed by atoms with Gasteiger partial charge in [0.05, 0.1) is 30.7 Å². The summed E-state index contributed by atoms with van der Waals surface area (Å²) in [4.78, 5) is 20.9. The molecule has 0 spiro atoms. The van der Waals surface area contributed by atoms with Crippen LogP contribution in [0, 0.1) is 6.92 Å². The molecule has 0 aromatic carbocycles. The molecule has 0 aliphatic heterocycles. The molecule has 0 saturated heterocycles. The molecule has 0 aliphatic rings. The number of esters is 1. The minimum Gasteiger partial charge on any atom is -0.462 e. The fourth-order valence-electron chi connectivity index (χ4n) is 2.04. The van der Waals surface area contributed by atoms with Gasteiger partial charge in [0.15, 0.2) is 10.8 Å². The Labute approximate surface area is 131 Å². The average Bonchev–Trinajstić information content (AvgIpc) is 3.11. The minimum atomic E-state index is -0.330. The summed E-state index contributed by atoms with van der Waals surface area (Å²) in [5.74, 6) is -0.330. The summed E-state index contributed by atoms with van der Waals surface area (Å²) < 4.78 is 6.78. The normalized spacial score (nSPS) is 10.8. The molecule has 0 atom stereocenters. The van der Waals surface area contributed by atoms with E-state index in [4.69, 9.17) is 4.74 Å². The van der Waals surface area contributed by atoms with Crippen LogP contribution in [0.3, 0.4) is 0 Å². The maximum atomic E-state index is 11.8. The van der Waals surface area contributed by atoms with Crippen LogP contribution in [0.5, 0.6) is 0 Å². The van der Waals surface area contributed by atoms with Crippen molar-refractivity contribution in [3.8, 4) is 0 Å². The molecular weight excluding hydrogens is 302 g/mol. The van der Waals surface area contributed by atoms with E-state index in [0.29, 0.717) is 28.9 Å². The van der Waals surface area contributed by atoms with Crippen LogP contribution in [0.1, 0.15) is 28.0 Å². The first-order valence-corrected chi connectivity index (χ1v) is 7.66. The molecule has 3 rings (SSSR count). The Hall–Kier alpha value is -2.48. The number of anilines is 1. The van der Waals surface area contributed by atoms with Crippen molar-refractivity contribution in [1.82, 2.24) is 19.6 Å². The van der Waals surface area contributed by atoms with Crippen LogP contribution < -0.4 is 5.32 Å². The number of ether oxygens (including phenoxy) is 1. The molecule has 0 radical (unpaired) electrons. The van der Waals surface area contributed by atoms with E-state index in [0.717, 1.165) is 11.3 Å². The average molecular weight is 317 g/mol. The third kappa shape index (κ3) is 2.77. The molecule has 8 heteroatoms. The highest BCUT2D eigenvalue weighted by Crippen LogP contribution is 2.23. The van der Waals surface area contributed by atoms with E-state index >= 15 is 0 Å². The molecule has 1 N–H and O–H groups in total. The molecule has 0 unspecified atom stereocenters. The van der Waals surface area contributed by atoms with Crippen molar-refractivity contribution in [3.63, 3.8) is 0 Å². The maximum absolute atomic E-state index is 11.8. The molecule has 0 bridgehead atoms. The fourth-order valence-corrected chi connectivity index (χ4v) is 2.90. The topological polar surface area (TPSA) is 81.4 Å². The molecular formula is C14H15N5O2S. The van der Waals surface area contributed by atoms with Gasteiger partial charge in [-0.05, 0) is 19.9 Å². The number of hydrogen-bond acceptors (Lipinski definition) is 7. The van der Waals surface area contributed by atoms with Gasteiger partial charge in [-0.3, -0.25) is 0 Å². The molecule has 22 heavy (non-hydrogen) atoms. The third-order valence-corrected chi connectivity index (χ3v) is 4.14. The second-order valence-electron chi connectivity index (χ2n) is 4.54. The summed E-state index contributed by atoms with van der Waals surface area (Å²) in [6.07, 6.45) is 3.45. The Morgan fingerprint density at radius 1 is 1.41 bits per heavy atom. The first kappa shape index (κ1) is 14.5. The Balaban J connectivity index is 1.75. The summed E-state index contributed by atoms with van der Waals surface area (Å²) in [6.45, 7) is 4.47. The highest BCUT2D eigenvalue weighted by atomic mass is 32.1. The number of rotatable bonds is 5. The number of nitrogens with zero attached hydrogens (tertiary/aromatic N) is 4. The summed E-state index contributed by atoms with van der Waals surface area (Å²) in [7, 11) is 0. The van der Waals surface area contributed by atoms with Gasteiger partial charge in [-0.2, -0.15) is 5.10 Å². The quantitative estimate of drug-likeness (QED) is 0.727. The van der Waals surface area contributed by atoms with Crippen LogP contribution in [-0.4, -0.2) is 32.2 Å². The van der Waals surface area contributed by atoms with Crippen molar-refractivity contribution in [2.24, 2.45) is 0 Å². The molecule has 0 amide bonds. The molecule has 3 aromatic heterocycles. The van der Waals surface area contributed by atoms with Crippen LogP contribution in [0.15, 0.2) is 24.5 Å². The van der Waals surface area contributed by atoms with E-state index in [1.165, 1.54) is 11.3 Å². The van der Waals surface area contributed by atoms with Crippen LogP contribution in [0.2, 0.25) is 0 Å². The highest BCUT2D eigenvalue weighted by Gasteiger charge is 2.16. The van der Waals surface area contributed by atoms with Crippen molar-refractivity contribution < 1.29 is 9.53 Å². The van der Waals surface area contributed by atoms with Crippen LogP contribution >= 0.6 is 11.3 Å². The molecule has 114 valence electrons. The van der Waals surface area contributed by atoms with Crippen LogP contribution in [0.25, 0.3) is 5.65 Å². The number of nitrogens with one attached hydrogen (secondary N) is 1. The van der Waals surface area contributed by atoms with E-state index in [1.54, 1.807) is 30.8 Å². The molecule has 0 saturated carbocycles. The van der Waals surface area contributed by atoms with Gasteiger partial charge in [0, 0.05) is 12.3 Å². The third-order valence-electron chi connectivity index (χ3n) is 3.05. The lowest BCUT2D eigenvalue weighted by atomic mass is 10.4. The predicted octanol–water partition coefficient (Wildman–Crippen LogP) is 2.28. The minimum absolute atomic E-state index is 0.330. The van der Waals surface area contributed by atoms with Crippen molar-refractivity contribution in [2.45, 2.75) is 20.4 Å². The van der Waals surface area contributed by atoms with E-state index in [-0.39, 0.29) is 5.97 Å². The monoisotopic (exact) mass is 317 g/mol. The van der Waals surface area contributed by atoms with Gasteiger partial charge in [-0.15, -0.1) is 0 Å². The summed E-state index contributed by atoms with van der Waals surface area (Å²) in [5, 5.41) is 8.12. The van der Waals surface area contributed by atoms with Gasteiger partial charge >= 0.3 is 5.97 Å². The predicted molar refractivity (Wildman–Crippen MR) is 83.1 cm³/mol. The standard InChI is InChI=1S/C14H15N5O2S/c1-3-21-13(20)12-9(2)18-14(22-12)16-8-10-4-6-15-11-5-7-17-19(10)11/h4-7H,3,8H2,1-2H3,(H,16,18). The zero-order chi connectivity index (χ0) is 15.5. The van der Waals surface area contributed by atoms with Crippen molar-refractivity contribution in [3.05, 3.63) is 40.8 Å².